The van der Waals surface area contributed by atoms with Crippen LogP contribution in [0, 0.1) is 0 Å². The molecule has 2 aromatic heterocycles. The SMILES string of the molecule is c1ccc(OCCn2cc[n+](C[n+]3ccn(CCOc4ccccc4)c3)c2)cc1. The average molecular weight is 390 g/mol. The van der Waals surface area contributed by atoms with Crippen molar-refractivity contribution in [3.8, 4) is 11.5 Å². The van der Waals surface area contributed by atoms with Crippen molar-refractivity contribution in [3.05, 3.63) is 98.1 Å². The van der Waals surface area contributed by atoms with Crippen molar-refractivity contribution in [1.29, 1.82) is 0 Å². The van der Waals surface area contributed by atoms with Crippen LogP contribution in [0.5, 0.6) is 11.5 Å². The molecule has 0 N–H and O–H groups in total. The first-order chi connectivity index (χ1) is 14.3. The maximum Gasteiger partial charge on any atom is 0.247 e. The molecular weight excluding hydrogens is 364 g/mol. The standard InChI is InChI=1S/C23H26N4O2/c1-3-7-22(8-4-1)28-17-15-24-11-13-26(19-24)21-27-14-12-25(20-27)16-18-29-23-9-5-2-6-10-23/h1-14,19-20H,15-18,21H2/q+2. The van der Waals surface area contributed by atoms with E-state index in [1.165, 1.54) is 0 Å². The molecule has 0 aliphatic rings. The number of nitrogens with zero attached hydrogens (tertiary/aromatic N) is 4. The van der Waals surface area contributed by atoms with Gasteiger partial charge in [-0.15, -0.1) is 0 Å². The number of para-hydroxylation sites is 2. The van der Waals surface area contributed by atoms with Gasteiger partial charge in [0.1, 0.15) is 62.6 Å². The second-order valence-electron chi connectivity index (χ2n) is 6.80. The first-order valence-corrected chi connectivity index (χ1v) is 9.80. The molecular formula is C23H26N4O2+2. The minimum atomic E-state index is 0.642. The molecule has 0 unspecified atom stereocenters. The van der Waals surface area contributed by atoms with Crippen molar-refractivity contribution < 1.29 is 18.6 Å². The van der Waals surface area contributed by atoms with E-state index in [-0.39, 0.29) is 0 Å². The Hall–Kier alpha value is -3.54. The molecule has 0 saturated heterocycles. The van der Waals surface area contributed by atoms with Crippen LogP contribution in [-0.4, -0.2) is 22.3 Å². The third kappa shape index (κ3) is 5.72. The van der Waals surface area contributed by atoms with E-state index in [0.29, 0.717) is 13.2 Å². The second kappa shape index (κ2) is 9.59. The molecule has 0 amide bonds. The Labute approximate surface area is 170 Å². The Kier molecular flexibility index (Phi) is 6.22. The minimum Gasteiger partial charge on any atom is -0.489 e. The molecule has 0 bridgehead atoms. The van der Waals surface area contributed by atoms with Crippen LogP contribution >= 0.6 is 0 Å². The quantitative estimate of drug-likeness (QED) is 0.390. The molecule has 6 nitrogen and oxygen atoms in total. The smallest absolute Gasteiger partial charge is 0.247 e. The number of aromatic nitrogens is 4. The Morgan fingerprint density at radius 2 is 1.07 bits per heavy atom. The third-order valence-corrected chi connectivity index (χ3v) is 4.54. The summed E-state index contributed by atoms with van der Waals surface area (Å²) in [7, 11) is 0. The van der Waals surface area contributed by atoms with Gasteiger partial charge in [-0.2, -0.15) is 9.13 Å². The lowest BCUT2D eigenvalue weighted by atomic mass is 10.3. The third-order valence-electron chi connectivity index (χ3n) is 4.54. The van der Waals surface area contributed by atoms with Gasteiger partial charge in [0.15, 0.2) is 0 Å². The van der Waals surface area contributed by atoms with Crippen LogP contribution in [0.2, 0.25) is 0 Å². The lowest BCUT2D eigenvalue weighted by Gasteiger charge is -2.03. The van der Waals surface area contributed by atoms with E-state index < -0.39 is 0 Å². The summed E-state index contributed by atoms with van der Waals surface area (Å²) >= 11 is 0. The predicted molar refractivity (Wildman–Crippen MR) is 109 cm³/mol. The number of hydrogen-bond donors (Lipinski definition) is 0. The molecule has 0 spiro atoms. The molecule has 2 aromatic carbocycles. The highest BCUT2D eigenvalue weighted by Gasteiger charge is 2.09. The summed E-state index contributed by atoms with van der Waals surface area (Å²) in [6, 6.07) is 19.8. The molecule has 0 radical (unpaired) electrons. The molecule has 4 rings (SSSR count). The predicted octanol–water partition coefficient (Wildman–Crippen LogP) is 2.53. The average Bonchev–Trinajstić information content (AvgIpc) is 3.39. The molecule has 0 saturated carbocycles. The Bertz CT molecular complexity index is 914. The fourth-order valence-corrected chi connectivity index (χ4v) is 3.07. The van der Waals surface area contributed by atoms with E-state index in [1.54, 1.807) is 0 Å². The van der Waals surface area contributed by atoms with E-state index in [4.69, 9.17) is 9.47 Å². The monoisotopic (exact) mass is 390 g/mol. The van der Waals surface area contributed by atoms with Gasteiger partial charge in [0, 0.05) is 0 Å². The van der Waals surface area contributed by atoms with Gasteiger partial charge in [0.25, 0.3) is 0 Å². The summed E-state index contributed by atoms with van der Waals surface area (Å²) < 4.78 is 20.1. The molecule has 2 heterocycles. The van der Waals surface area contributed by atoms with E-state index >= 15 is 0 Å². The summed E-state index contributed by atoms with van der Waals surface area (Å²) in [5, 5.41) is 0. The van der Waals surface area contributed by atoms with Crippen molar-refractivity contribution in [2.75, 3.05) is 13.2 Å². The van der Waals surface area contributed by atoms with E-state index in [2.05, 4.69) is 55.7 Å². The number of hydrogen-bond acceptors (Lipinski definition) is 2. The molecule has 0 fully saturated rings. The van der Waals surface area contributed by atoms with Crippen LogP contribution in [0.15, 0.2) is 98.1 Å². The minimum absolute atomic E-state index is 0.642. The van der Waals surface area contributed by atoms with Gasteiger partial charge < -0.3 is 9.47 Å². The van der Waals surface area contributed by atoms with E-state index in [0.717, 1.165) is 31.3 Å². The van der Waals surface area contributed by atoms with E-state index in [1.807, 2.05) is 60.7 Å². The van der Waals surface area contributed by atoms with Gasteiger partial charge in [-0.3, -0.25) is 0 Å². The van der Waals surface area contributed by atoms with Crippen molar-refractivity contribution in [2.45, 2.75) is 19.8 Å². The first kappa shape index (κ1) is 18.8. The molecule has 148 valence electrons. The lowest BCUT2D eigenvalue weighted by molar-refractivity contribution is -0.912. The van der Waals surface area contributed by atoms with Crippen LogP contribution in [0.3, 0.4) is 0 Å². The normalized spacial score (nSPS) is 10.8. The molecule has 0 aliphatic carbocycles. The fraction of sp³-hybridized carbons (Fsp3) is 0.217. The summed E-state index contributed by atoms with van der Waals surface area (Å²) in [6.07, 6.45) is 12.5. The van der Waals surface area contributed by atoms with E-state index in [9.17, 15) is 0 Å². The highest BCUT2D eigenvalue weighted by molar-refractivity contribution is 5.21. The summed E-state index contributed by atoms with van der Waals surface area (Å²) in [6.45, 7) is 3.67. The highest BCUT2D eigenvalue weighted by Crippen LogP contribution is 2.08. The zero-order valence-electron chi connectivity index (χ0n) is 16.4. The van der Waals surface area contributed by atoms with Crippen molar-refractivity contribution in [1.82, 2.24) is 9.13 Å². The second-order valence-corrected chi connectivity index (χ2v) is 6.80. The fourth-order valence-electron chi connectivity index (χ4n) is 3.07. The molecule has 29 heavy (non-hydrogen) atoms. The number of imidazole rings is 2. The van der Waals surface area contributed by atoms with Crippen LogP contribution in [-0.2, 0) is 19.8 Å². The maximum atomic E-state index is 5.76. The van der Waals surface area contributed by atoms with Gasteiger partial charge >= 0.3 is 0 Å². The zero-order chi connectivity index (χ0) is 19.7. The van der Waals surface area contributed by atoms with Crippen LogP contribution in [0.1, 0.15) is 0 Å². The zero-order valence-corrected chi connectivity index (χ0v) is 16.4. The molecule has 6 heteroatoms. The molecule has 0 aliphatic heterocycles. The van der Waals surface area contributed by atoms with Gasteiger partial charge in [0.2, 0.25) is 19.3 Å². The van der Waals surface area contributed by atoms with Crippen LogP contribution in [0.4, 0.5) is 0 Å². The summed E-state index contributed by atoms with van der Waals surface area (Å²) in [5.74, 6) is 1.81. The summed E-state index contributed by atoms with van der Waals surface area (Å²) in [5.41, 5.74) is 0. The van der Waals surface area contributed by atoms with Crippen LogP contribution < -0.4 is 18.6 Å². The van der Waals surface area contributed by atoms with Crippen molar-refractivity contribution in [2.24, 2.45) is 0 Å². The molecule has 0 atom stereocenters. The van der Waals surface area contributed by atoms with Crippen LogP contribution in [0.25, 0.3) is 0 Å². The first-order valence-electron chi connectivity index (χ1n) is 9.80. The molecule has 4 aromatic rings. The Morgan fingerprint density at radius 3 is 1.52 bits per heavy atom. The van der Waals surface area contributed by atoms with Gasteiger partial charge in [-0.05, 0) is 24.3 Å². The number of rotatable bonds is 10. The maximum absolute atomic E-state index is 5.76. The van der Waals surface area contributed by atoms with Crippen molar-refractivity contribution in [3.63, 3.8) is 0 Å². The summed E-state index contributed by atoms with van der Waals surface area (Å²) in [4.78, 5) is 0. The Morgan fingerprint density at radius 1 is 0.621 bits per heavy atom. The highest BCUT2D eigenvalue weighted by atomic mass is 16.5. The number of benzene rings is 2. The van der Waals surface area contributed by atoms with Gasteiger partial charge in [-0.1, -0.05) is 36.4 Å². The van der Waals surface area contributed by atoms with Crippen molar-refractivity contribution >= 4 is 0 Å². The Balaban J connectivity index is 1.21. The lowest BCUT2D eigenvalue weighted by Crippen LogP contribution is -2.49. The topological polar surface area (TPSA) is 36.1 Å². The van der Waals surface area contributed by atoms with Gasteiger partial charge in [-0.25, -0.2) is 9.13 Å². The van der Waals surface area contributed by atoms with Gasteiger partial charge in [0.05, 0.1) is 0 Å². The number of ether oxygens (including phenoxy) is 2. The largest absolute Gasteiger partial charge is 0.489 e.